The molecule has 0 radical (unpaired) electrons. The minimum absolute atomic E-state index is 0.105. The van der Waals surface area contributed by atoms with Crippen LogP contribution in [0.15, 0.2) is 12.4 Å². The van der Waals surface area contributed by atoms with E-state index in [1.165, 1.54) is 12.8 Å². The van der Waals surface area contributed by atoms with Crippen LogP contribution in [0.3, 0.4) is 0 Å². The van der Waals surface area contributed by atoms with Gasteiger partial charge in [-0.15, -0.1) is 0 Å². The first-order valence-corrected chi connectivity index (χ1v) is 4.82. The first kappa shape index (κ1) is 9.17. The molecule has 3 heteroatoms. The van der Waals surface area contributed by atoms with Gasteiger partial charge in [0, 0.05) is 18.0 Å². The maximum absolute atomic E-state index is 8.56. The van der Waals surface area contributed by atoms with E-state index in [4.69, 9.17) is 5.11 Å². The highest BCUT2D eigenvalue weighted by atomic mass is 16.2. The van der Waals surface area contributed by atoms with Crippen molar-refractivity contribution in [3.8, 4) is 11.8 Å². The molecule has 1 aromatic heterocycles. The van der Waals surface area contributed by atoms with Crippen molar-refractivity contribution in [3.05, 3.63) is 23.8 Å². The van der Waals surface area contributed by atoms with Crippen LogP contribution in [-0.4, -0.2) is 21.7 Å². The Morgan fingerprint density at radius 3 is 3.00 bits per heavy atom. The van der Waals surface area contributed by atoms with Crippen molar-refractivity contribution in [1.82, 2.24) is 9.97 Å². The molecule has 1 fully saturated rings. The van der Waals surface area contributed by atoms with E-state index in [-0.39, 0.29) is 6.61 Å². The van der Waals surface area contributed by atoms with Crippen LogP contribution in [0.4, 0.5) is 0 Å². The van der Waals surface area contributed by atoms with Gasteiger partial charge in [0.15, 0.2) is 0 Å². The van der Waals surface area contributed by atoms with Gasteiger partial charge in [-0.25, -0.2) is 9.97 Å². The first-order chi connectivity index (χ1) is 6.90. The predicted octanol–water partition coefficient (Wildman–Crippen LogP) is 1.09. The second kappa shape index (κ2) is 4.21. The van der Waals surface area contributed by atoms with E-state index in [0.717, 1.165) is 11.4 Å². The van der Waals surface area contributed by atoms with E-state index < -0.39 is 0 Å². The SMILES string of the molecule is OCCC#Cc1cc(C2CC2)ncn1. The van der Waals surface area contributed by atoms with Crippen molar-refractivity contribution >= 4 is 0 Å². The van der Waals surface area contributed by atoms with E-state index in [2.05, 4.69) is 21.8 Å². The average Bonchev–Trinajstić information content (AvgIpc) is 3.02. The Kier molecular flexibility index (Phi) is 2.76. The molecule has 0 spiro atoms. The molecule has 14 heavy (non-hydrogen) atoms. The lowest BCUT2D eigenvalue weighted by Gasteiger charge is -1.95. The van der Waals surface area contributed by atoms with Crippen molar-refractivity contribution in [3.63, 3.8) is 0 Å². The van der Waals surface area contributed by atoms with Crippen LogP contribution in [0.1, 0.15) is 36.6 Å². The highest BCUT2D eigenvalue weighted by Crippen LogP contribution is 2.38. The lowest BCUT2D eigenvalue weighted by Crippen LogP contribution is -1.90. The summed E-state index contributed by atoms with van der Waals surface area (Å²) < 4.78 is 0. The number of aliphatic hydroxyl groups is 1. The van der Waals surface area contributed by atoms with Crippen LogP contribution in [-0.2, 0) is 0 Å². The van der Waals surface area contributed by atoms with Gasteiger partial charge in [0.1, 0.15) is 12.0 Å². The third-order valence-electron chi connectivity index (χ3n) is 2.14. The minimum Gasteiger partial charge on any atom is -0.395 e. The zero-order chi connectivity index (χ0) is 9.80. The van der Waals surface area contributed by atoms with Gasteiger partial charge >= 0.3 is 0 Å². The van der Waals surface area contributed by atoms with Gasteiger partial charge in [-0.2, -0.15) is 0 Å². The predicted molar refractivity (Wildman–Crippen MR) is 52.6 cm³/mol. The standard InChI is InChI=1S/C11H12N2O/c14-6-2-1-3-10-7-11(9-4-5-9)13-8-12-10/h7-9,14H,2,4-6H2. The molecule has 3 nitrogen and oxygen atoms in total. The van der Waals surface area contributed by atoms with Gasteiger partial charge in [0.2, 0.25) is 0 Å². The zero-order valence-corrected chi connectivity index (χ0v) is 7.90. The maximum Gasteiger partial charge on any atom is 0.117 e. The van der Waals surface area contributed by atoms with E-state index in [9.17, 15) is 0 Å². The van der Waals surface area contributed by atoms with E-state index in [0.29, 0.717) is 12.3 Å². The Balaban J connectivity index is 2.10. The third-order valence-corrected chi connectivity index (χ3v) is 2.14. The quantitative estimate of drug-likeness (QED) is 0.706. The summed E-state index contributed by atoms with van der Waals surface area (Å²) in [5.41, 5.74) is 1.86. The molecule has 0 unspecified atom stereocenters. The van der Waals surface area contributed by atoms with Crippen LogP contribution >= 0.6 is 0 Å². The lowest BCUT2D eigenvalue weighted by molar-refractivity contribution is 0.305. The van der Waals surface area contributed by atoms with Gasteiger partial charge in [0.05, 0.1) is 6.61 Å². The van der Waals surface area contributed by atoms with Crippen molar-refractivity contribution in [1.29, 1.82) is 0 Å². The van der Waals surface area contributed by atoms with E-state index >= 15 is 0 Å². The highest BCUT2D eigenvalue weighted by molar-refractivity contribution is 5.30. The van der Waals surface area contributed by atoms with Crippen molar-refractivity contribution in [2.24, 2.45) is 0 Å². The normalized spacial score (nSPS) is 14.6. The summed E-state index contributed by atoms with van der Waals surface area (Å²) in [6.07, 6.45) is 4.54. The Labute approximate surface area is 83.2 Å². The second-order valence-corrected chi connectivity index (χ2v) is 3.38. The summed E-state index contributed by atoms with van der Waals surface area (Å²) in [6, 6.07) is 1.95. The van der Waals surface area contributed by atoms with Crippen molar-refractivity contribution < 1.29 is 5.11 Å². The molecule has 72 valence electrons. The molecule has 0 amide bonds. The molecular formula is C11H12N2O. The molecule has 0 bridgehead atoms. The number of aliphatic hydroxyl groups excluding tert-OH is 1. The number of rotatable bonds is 2. The van der Waals surface area contributed by atoms with Crippen molar-refractivity contribution in [2.45, 2.75) is 25.2 Å². The summed E-state index contributed by atoms with van der Waals surface area (Å²) >= 11 is 0. The topological polar surface area (TPSA) is 46.0 Å². The molecule has 0 atom stereocenters. The molecule has 1 heterocycles. The first-order valence-electron chi connectivity index (χ1n) is 4.82. The van der Waals surface area contributed by atoms with Gasteiger partial charge in [-0.05, 0) is 24.8 Å². The van der Waals surface area contributed by atoms with E-state index in [1.54, 1.807) is 6.33 Å². The smallest absolute Gasteiger partial charge is 0.117 e. The van der Waals surface area contributed by atoms with Crippen LogP contribution in [0.25, 0.3) is 0 Å². The second-order valence-electron chi connectivity index (χ2n) is 3.38. The molecule has 0 aromatic carbocycles. The third kappa shape index (κ3) is 2.30. The molecule has 1 N–H and O–H groups in total. The van der Waals surface area contributed by atoms with Gasteiger partial charge in [-0.1, -0.05) is 5.92 Å². The number of hydrogen-bond donors (Lipinski definition) is 1. The summed E-state index contributed by atoms with van der Waals surface area (Å²) in [5, 5.41) is 8.56. The molecule has 1 saturated carbocycles. The van der Waals surface area contributed by atoms with E-state index in [1.807, 2.05) is 6.07 Å². The summed E-state index contributed by atoms with van der Waals surface area (Å²) in [4.78, 5) is 8.26. The molecule has 0 aliphatic heterocycles. The molecule has 1 aliphatic rings. The Hall–Kier alpha value is -1.40. The number of hydrogen-bond acceptors (Lipinski definition) is 3. The molecular weight excluding hydrogens is 176 g/mol. The minimum atomic E-state index is 0.105. The molecule has 1 aromatic rings. The molecule has 2 rings (SSSR count). The summed E-state index contributed by atoms with van der Waals surface area (Å²) in [6.45, 7) is 0.105. The van der Waals surface area contributed by atoms with Crippen molar-refractivity contribution in [2.75, 3.05) is 6.61 Å². The average molecular weight is 188 g/mol. The molecule has 0 saturated heterocycles. The number of nitrogens with zero attached hydrogens (tertiary/aromatic N) is 2. The highest BCUT2D eigenvalue weighted by Gasteiger charge is 2.24. The number of aromatic nitrogens is 2. The fourth-order valence-corrected chi connectivity index (χ4v) is 1.25. The maximum atomic E-state index is 8.56. The van der Waals surface area contributed by atoms with Gasteiger partial charge in [-0.3, -0.25) is 0 Å². The fourth-order valence-electron chi connectivity index (χ4n) is 1.25. The zero-order valence-electron chi connectivity index (χ0n) is 7.90. The monoisotopic (exact) mass is 188 g/mol. The Morgan fingerprint density at radius 2 is 2.29 bits per heavy atom. The lowest BCUT2D eigenvalue weighted by atomic mass is 10.2. The van der Waals surface area contributed by atoms with Crippen LogP contribution < -0.4 is 0 Å². The van der Waals surface area contributed by atoms with Gasteiger partial charge in [0.25, 0.3) is 0 Å². The van der Waals surface area contributed by atoms with Crippen LogP contribution in [0.5, 0.6) is 0 Å². The van der Waals surface area contributed by atoms with Gasteiger partial charge < -0.3 is 5.11 Å². The Bertz CT molecular complexity index is 374. The Morgan fingerprint density at radius 1 is 1.43 bits per heavy atom. The van der Waals surface area contributed by atoms with Crippen LogP contribution in [0.2, 0.25) is 0 Å². The van der Waals surface area contributed by atoms with Crippen LogP contribution in [0, 0.1) is 11.8 Å². The fraction of sp³-hybridized carbons (Fsp3) is 0.455. The summed E-state index contributed by atoms with van der Waals surface area (Å²) in [7, 11) is 0. The summed E-state index contributed by atoms with van der Waals surface area (Å²) in [5.74, 6) is 6.39. The molecule has 1 aliphatic carbocycles. The largest absolute Gasteiger partial charge is 0.395 e.